The molecule has 2 aliphatic rings. The van der Waals surface area contributed by atoms with Gasteiger partial charge < -0.3 is 15.5 Å². The van der Waals surface area contributed by atoms with Crippen molar-refractivity contribution in [1.82, 2.24) is 10.6 Å². The first-order valence-corrected chi connectivity index (χ1v) is 8.51. The number of halogens is 1. The first kappa shape index (κ1) is 18.7. The van der Waals surface area contributed by atoms with Crippen LogP contribution in [0.2, 0.25) is 0 Å². The summed E-state index contributed by atoms with van der Waals surface area (Å²) in [7, 11) is 0. The minimum absolute atomic E-state index is 0. The van der Waals surface area contributed by atoms with Gasteiger partial charge >= 0.3 is 0 Å². The van der Waals surface area contributed by atoms with Crippen molar-refractivity contribution in [2.24, 2.45) is 0 Å². The van der Waals surface area contributed by atoms with Gasteiger partial charge in [0.1, 0.15) is 0 Å². The lowest BCUT2D eigenvalue weighted by molar-refractivity contribution is -0.128. The van der Waals surface area contributed by atoms with Crippen LogP contribution in [-0.4, -0.2) is 30.4 Å². The van der Waals surface area contributed by atoms with E-state index in [4.69, 9.17) is 0 Å². The number of piperidine rings is 1. The fraction of sp³-hybridized carbons (Fsp3) is 0.556. The van der Waals surface area contributed by atoms with E-state index in [1.165, 1.54) is 0 Å². The van der Waals surface area contributed by atoms with Crippen LogP contribution in [0.25, 0.3) is 0 Å². The monoisotopic (exact) mass is 351 g/mol. The number of nitrogens with zero attached hydrogens (tertiary/aromatic N) is 1. The fourth-order valence-electron chi connectivity index (χ4n) is 3.34. The normalized spacial score (nSPS) is 23.7. The highest BCUT2D eigenvalue weighted by Gasteiger charge is 2.33. The number of carbonyl (C=O) groups excluding carboxylic acids is 2. The van der Waals surface area contributed by atoms with Gasteiger partial charge in [-0.3, -0.25) is 9.59 Å². The molecule has 2 N–H and O–H groups in total. The number of carbonyl (C=O) groups is 2. The number of rotatable bonds is 4. The smallest absolute Gasteiger partial charge is 0.240 e. The van der Waals surface area contributed by atoms with Gasteiger partial charge in [-0.15, -0.1) is 12.4 Å². The third-order valence-corrected chi connectivity index (χ3v) is 4.89. The van der Waals surface area contributed by atoms with E-state index in [0.717, 1.165) is 50.0 Å². The van der Waals surface area contributed by atoms with Crippen LogP contribution in [0.1, 0.15) is 44.6 Å². The van der Waals surface area contributed by atoms with E-state index in [1.54, 1.807) is 0 Å². The molecule has 1 aromatic carbocycles. The quantitative estimate of drug-likeness (QED) is 0.875. The van der Waals surface area contributed by atoms with E-state index in [0.29, 0.717) is 13.0 Å². The zero-order valence-electron chi connectivity index (χ0n) is 14.1. The summed E-state index contributed by atoms with van der Waals surface area (Å²) in [6.45, 7) is 4.20. The van der Waals surface area contributed by atoms with Crippen LogP contribution in [0.15, 0.2) is 24.3 Å². The molecule has 0 radical (unpaired) electrons. The van der Waals surface area contributed by atoms with Crippen LogP contribution >= 0.6 is 12.4 Å². The highest BCUT2D eigenvalue weighted by atomic mass is 35.5. The standard InChI is InChI=1S/C18H25N3O2.ClH/c1-18(10-2-3-11-20-18)17(23)19-13-14-6-8-15(9-7-14)21-12-4-5-16(21)22;/h6-9,20H,2-5,10-13H2,1H3,(H,19,23);1H. The molecular weight excluding hydrogens is 326 g/mol. The maximum absolute atomic E-state index is 12.4. The van der Waals surface area contributed by atoms with E-state index in [1.807, 2.05) is 36.1 Å². The van der Waals surface area contributed by atoms with Crippen molar-refractivity contribution < 1.29 is 9.59 Å². The lowest BCUT2D eigenvalue weighted by Crippen LogP contribution is -2.56. The SMILES string of the molecule is CC1(C(=O)NCc2ccc(N3CCCC3=O)cc2)CCCCN1.Cl. The van der Waals surface area contributed by atoms with Crippen molar-refractivity contribution in [3.8, 4) is 0 Å². The molecule has 2 aliphatic heterocycles. The fourth-order valence-corrected chi connectivity index (χ4v) is 3.34. The Labute approximate surface area is 149 Å². The van der Waals surface area contributed by atoms with Crippen LogP contribution < -0.4 is 15.5 Å². The van der Waals surface area contributed by atoms with Crippen molar-refractivity contribution in [3.05, 3.63) is 29.8 Å². The number of hydrogen-bond donors (Lipinski definition) is 2. The predicted octanol–water partition coefficient (Wildman–Crippen LogP) is 2.38. The van der Waals surface area contributed by atoms with Gasteiger partial charge in [0.15, 0.2) is 0 Å². The average molecular weight is 352 g/mol. The van der Waals surface area contributed by atoms with Gasteiger partial charge in [-0.1, -0.05) is 12.1 Å². The van der Waals surface area contributed by atoms with E-state index >= 15 is 0 Å². The predicted molar refractivity (Wildman–Crippen MR) is 97.4 cm³/mol. The third-order valence-electron chi connectivity index (χ3n) is 4.89. The topological polar surface area (TPSA) is 61.4 Å². The number of anilines is 1. The molecule has 0 aromatic heterocycles. The molecule has 6 heteroatoms. The van der Waals surface area contributed by atoms with Crippen molar-refractivity contribution in [2.75, 3.05) is 18.0 Å². The number of amides is 2. The summed E-state index contributed by atoms with van der Waals surface area (Å²) in [6.07, 6.45) is 4.69. The Morgan fingerprint density at radius 2 is 2.00 bits per heavy atom. The first-order chi connectivity index (χ1) is 11.1. The van der Waals surface area contributed by atoms with Gasteiger partial charge in [-0.25, -0.2) is 0 Å². The summed E-state index contributed by atoms with van der Waals surface area (Å²) in [6, 6.07) is 7.90. The van der Waals surface area contributed by atoms with Gasteiger partial charge in [-0.2, -0.15) is 0 Å². The number of benzene rings is 1. The molecule has 24 heavy (non-hydrogen) atoms. The van der Waals surface area contributed by atoms with Gasteiger partial charge in [0.2, 0.25) is 11.8 Å². The molecule has 1 atom stereocenters. The van der Waals surface area contributed by atoms with E-state index in [-0.39, 0.29) is 24.2 Å². The van der Waals surface area contributed by atoms with Gasteiger partial charge in [0, 0.05) is 25.2 Å². The van der Waals surface area contributed by atoms with Crippen LogP contribution in [0.5, 0.6) is 0 Å². The first-order valence-electron chi connectivity index (χ1n) is 8.51. The molecule has 2 amide bonds. The van der Waals surface area contributed by atoms with E-state index in [2.05, 4.69) is 10.6 Å². The summed E-state index contributed by atoms with van der Waals surface area (Å²) >= 11 is 0. The van der Waals surface area contributed by atoms with E-state index in [9.17, 15) is 9.59 Å². The average Bonchev–Trinajstić information content (AvgIpc) is 3.00. The molecule has 1 aromatic rings. The zero-order chi connectivity index (χ0) is 16.3. The number of hydrogen-bond acceptors (Lipinski definition) is 3. The van der Waals surface area contributed by atoms with Crippen LogP contribution in [0.3, 0.4) is 0 Å². The summed E-state index contributed by atoms with van der Waals surface area (Å²) in [4.78, 5) is 26.0. The molecule has 2 heterocycles. The molecule has 0 spiro atoms. The Hall–Kier alpha value is -1.59. The molecule has 5 nitrogen and oxygen atoms in total. The van der Waals surface area contributed by atoms with Crippen LogP contribution in [0, 0.1) is 0 Å². The molecule has 3 rings (SSSR count). The summed E-state index contributed by atoms with van der Waals surface area (Å²) in [5.74, 6) is 0.262. The minimum Gasteiger partial charge on any atom is -0.350 e. The molecule has 0 aliphatic carbocycles. The van der Waals surface area contributed by atoms with Crippen molar-refractivity contribution in [2.45, 2.75) is 51.1 Å². The molecule has 2 saturated heterocycles. The van der Waals surface area contributed by atoms with Crippen LogP contribution in [-0.2, 0) is 16.1 Å². The second kappa shape index (κ2) is 7.99. The molecular formula is C18H26ClN3O2. The number of nitrogens with one attached hydrogen (secondary N) is 2. The molecule has 1 unspecified atom stereocenters. The Kier molecular flexibility index (Phi) is 6.24. The van der Waals surface area contributed by atoms with Crippen molar-refractivity contribution in [1.29, 1.82) is 0 Å². The lowest BCUT2D eigenvalue weighted by atomic mass is 9.90. The highest BCUT2D eigenvalue weighted by Crippen LogP contribution is 2.22. The zero-order valence-corrected chi connectivity index (χ0v) is 15.0. The molecule has 0 bridgehead atoms. The van der Waals surface area contributed by atoms with Crippen molar-refractivity contribution >= 4 is 29.9 Å². The largest absolute Gasteiger partial charge is 0.350 e. The Morgan fingerprint density at radius 1 is 1.25 bits per heavy atom. The molecule has 0 saturated carbocycles. The van der Waals surface area contributed by atoms with Crippen LogP contribution in [0.4, 0.5) is 5.69 Å². The summed E-state index contributed by atoms with van der Waals surface area (Å²) in [5.41, 5.74) is 1.55. The third kappa shape index (κ3) is 4.08. The highest BCUT2D eigenvalue weighted by molar-refractivity contribution is 5.95. The lowest BCUT2D eigenvalue weighted by Gasteiger charge is -2.33. The van der Waals surface area contributed by atoms with Crippen molar-refractivity contribution in [3.63, 3.8) is 0 Å². The Bertz CT molecular complexity index is 582. The second-order valence-electron chi connectivity index (χ2n) is 6.71. The van der Waals surface area contributed by atoms with E-state index < -0.39 is 5.54 Å². The van der Waals surface area contributed by atoms with Gasteiger partial charge in [0.25, 0.3) is 0 Å². The van der Waals surface area contributed by atoms with Gasteiger partial charge in [-0.05, 0) is 56.8 Å². The molecule has 2 fully saturated rings. The summed E-state index contributed by atoms with van der Waals surface area (Å²) < 4.78 is 0. The second-order valence-corrected chi connectivity index (χ2v) is 6.71. The maximum atomic E-state index is 12.4. The Morgan fingerprint density at radius 3 is 2.58 bits per heavy atom. The Balaban J connectivity index is 0.00000208. The van der Waals surface area contributed by atoms with Gasteiger partial charge in [0.05, 0.1) is 5.54 Å². The minimum atomic E-state index is -0.444. The maximum Gasteiger partial charge on any atom is 0.240 e. The summed E-state index contributed by atoms with van der Waals surface area (Å²) in [5, 5.41) is 6.35. The molecule has 132 valence electrons.